The highest BCUT2D eigenvalue weighted by atomic mass is 16.5. The van der Waals surface area contributed by atoms with E-state index in [4.69, 9.17) is 4.74 Å². The van der Waals surface area contributed by atoms with E-state index in [-0.39, 0.29) is 0 Å². The summed E-state index contributed by atoms with van der Waals surface area (Å²) >= 11 is 0. The Balaban J connectivity index is 2.56. The first-order valence-electron chi connectivity index (χ1n) is 7.29. The Bertz CT molecular complexity index is 301. The molecule has 1 rings (SSSR count). The maximum absolute atomic E-state index is 5.68. The topological polar surface area (TPSA) is 12.5 Å². The molecular weight excluding hydrogens is 222 g/mol. The van der Waals surface area contributed by atoms with Crippen molar-refractivity contribution in [1.82, 2.24) is 0 Å². The first-order valence-corrected chi connectivity index (χ1v) is 7.29. The molecule has 2 heteroatoms. The lowest BCUT2D eigenvalue weighted by Gasteiger charge is -2.23. The van der Waals surface area contributed by atoms with Crippen LogP contribution in [0.4, 0.5) is 5.69 Å². The van der Waals surface area contributed by atoms with Crippen LogP contribution in [-0.2, 0) is 0 Å². The van der Waals surface area contributed by atoms with Crippen LogP contribution in [0.5, 0.6) is 5.75 Å². The molecule has 0 aromatic heterocycles. The Kier molecular flexibility index (Phi) is 7.31. The number of rotatable bonds is 9. The van der Waals surface area contributed by atoms with Crippen molar-refractivity contribution < 1.29 is 4.74 Å². The maximum Gasteiger partial charge on any atom is 0.119 e. The molecule has 0 N–H and O–H groups in total. The molecule has 0 heterocycles. The fourth-order valence-electron chi connectivity index (χ4n) is 2.00. The molecule has 0 radical (unpaired) electrons. The zero-order chi connectivity index (χ0) is 13.2. The number of benzene rings is 1. The maximum atomic E-state index is 5.68. The molecule has 0 amide bonds. The second-order valence-electron chi connectivity index (χ2n) is 4.68. The van der Waals surface area contributed by atoms with Gasteiger partial charge in [0, 0.05) is 18.8 Å². The van der Waals surface area contributed by atoms with Crippen molar-refractivity contribution in [3.05, 3.63) is 24.3 Å². The number of nitrogens with zero attached hydrogens (tertiary/aromatic N) is 1. The van der Waals surface area contributed by atoms with Crippen LogP contribution in [0.25, 0.3) is 0 Å². The van der Waals surface area contributed by atoms with Crippen molar-refractivity contribution in [1.29, 1.82) is 0 Å². The lowest BCUT2D eigenvalue weighted by atomic mass is 10.2. The molecule has 0 aliphatic heterocycles. The summed E-state index contributed by atoms with van der Waals surface area (Å²) < 4.78 is 5.68. The Morgan fingerprint density at radius 1 is 0.889 bits per heavy atom. The van der Waals surface area contributed by atoms with E-state index in [1.54, 1.807) is 0 Å². The largest absolute Gasteiger partial charge is 0.494 e. The normalized spacial score (nSPS) is 10.4. The molecule has 18 heavy (non-hydrogen) atoms. The molecule has 0 unspecified atom stereocenters. The highest BCUT2D eigenvalue weighted by molar-refractivity contribution is 5.49. The van der Waals surface area contributed by atoms with Crippen LogP contribution < -0.4 is 9.64 Å². The summed E-state index contributed by atoms with van der Waals surface area (Å²) in [6.07, 6.45) is 4.68. The van der Waals surface area contributed by atoms with E-state index >= 15 is 0 Å². The standard InChI is InChI=1S/C16H27NO/c1-4-7-14-18-16-10-8-15(9-11-16)17(12-5-2)13-6-3/h8-11H,4-7,12-14H2,1-3H3. The summed E-state index contributed by atoms with van der Waals surface area (Å²) in [6.45, 7) is 9.72. The minimum absolute atomic E-state index is 0.823. The van der Waals surface area contributed by atoms with Crippen LogP contribution >= 0.6 is 0 Å². The zero-order valence-electron chi connectivity index (χ0n) is 12.1. The minimum Gasteiger partial charge on any atom is -0.494 e. The molecule has 102 valence electrons. The number of hydrogen-bond donors (Lipinski definition) is 0. The fourth-order valence-corrected chi connectivity index (χ4v) is 2.00. The Hall–Kier alpha value is -1.18. The quantitative estimate of drug-likeness (QED) is 0.598. The van der Waals surface area contributed by atoms with Gasteiger partial charge in [0.05, 0.1) is 6.61 Å². The molecule has 0 saturated carbocycles. The molecule has 0 saturated heterocycles. The van der Waals surface area contributed by atoms with Gasteiger partial charge in [-0.3, -0.25) is 0 Å². The summed E-state index contributed by atoms with van der Waals surface area (Å²) in [7, 11) is 0. The molecule has 0 atom stereocenters. The van der Waals surface area contributed by atoms with Crippen molar-refractivity contribution in [3.63, 3.8) is 0 Å². The molecule has 1 aromatic carbocycles. The van der Waals surface area contributed by atoms with Crippen LogP contribution in [-0.4, -0.2) is 19.7 Å². The monoisotopic (exact) mass is 249 g/mol. The predicted molar refractivity (Wildman–Crippen MR) is 79.6 cm³/mol. The Morgan fingerprint density at radius 2 is 1.50 bits per heavy atom. The number of hydrogen-bond acceptors (Lipinski definition) is 2. The highest BCUT2D eigenvalue weighted by Gasteiger charge is 2.04. The van der Waals surface area contributed by atoms with Gasteiger partial charge in [-0.2, -0.15) is 0 Å². The average Bonchev–Trinajstić information content (AvgIpc) is 2.40. The van der Waals surface area contributed by atoms with E-state index in [9.17, 15) is 0 Å². The van der Waals surface area contributed by atoms with Crippen LogP contribution in [0.15, 0.2) is 24.3 Å². The van der Waals surface area contributed by atoms with Gasteiger partial charge in [0.15, 0.2) is 0 Å². The van der Waals surface area contributed by atoms with Gasteiger partial charge in [-0.1, -0.05) is 27.2 Å². The first kappa shape index (κ1) is 14.9. The predicted octanol–water partition coefficient (Wildman–Crippen LogP) is 4.49. The fraction of sp³-hybridized carbons (Fsp3) is 0.625. The second-order valence-corrected chi connectivity index (χ2v) is 4.68. The smallest absolute Gasteiger partial charge is 0.119 e. The van der Waals surface area contributed by atoms with Crippen LogP contribution in [0.3, 0.4) is 0 Å². The second kappa shape index (κ2) is 8.84. The number of ether oxygens (including phenoxy) is 1. The highest BCUT2D eigenvalue weighted by Crippen LogP contribution is 2.20. The Labute approximate surface area is 112 Å². The molecule has 0 bridgehead atoms. The molecule has 1 aromatic rings. The van der Waals surface area contributed by atoms with Gasteiger partial charge >= 0.3 is 0 Å². The lowest BCUT2D eigenvalue weighted by Crippen LogP contribution is -2.24. The summed E-state index contributed by atoms with van der Waals surface area (Å²) in [5, 5.41) is 0. The van der Waals surface area contributed by atoms with Gasteiger partial charge in [0.25, 0.3) is 0 Å². The molecule has 0 fully saturated rings. The summed E-state index contributed by atoms with van der Waals surface area (Å²) in [5.41, 5.74) is 1.31. The summed E-state index contributed by atoms with van der Waals surface area (Å²) in [5.74, 6) is 0.986. The minimum atomic E-state index is 0.823. The molecule has 2 nitrogen and oxygen atoms in total. The van der Waals surface area contributed by atoms with Gasteiger partial charge in [-0.05, 0) is 43.5 Å². The summed E-state index contributed by atoms with van der Waals surface area (Å²) in [4.78, 5) is 2.44. The van der Waals surface area contributed by atoms with Crippen molar-refractivity contribution in [2.24, 2.45) is 0 Å². The van der Waals surface area contributed by atoms with E-state index in [1.807, 2.05) is 0 Å². The van der Waals surface area contributed by atoms with Crippen molar-refractivity contribution in [3.8, 4) is 5.75 Å². The average molecular weight is 249 g/mol. The van der Waals surface area contributed by atoms with Gasteiger partial charge in [-0.15, -0.1) is 0 Å². The van der Waals surface area contributed by atoms with Gasteiger partial charge in [0.1, 0.15) is 5.75 Å². The van der Waals surface area contributed by atoms with Crippen LogP contribution in [0.2, 0.25) is 0 Å². The van der Waals surface area contributed by atoms with Crippen molar-refractivity contribution >= 4 is 5.69 Å². The van der Waals surface area contributed by atoms with Crippen LogP contribution in [0, 0.1) is 0 Å². The number of anilines is 1. The molecule has 0 spiro atoms. The zero-order valence-corrected chi connectivity index (χ0v) is 12.1. The first-order chi connectivity index (χ1) is 8.81. The third-order valence-electron chi connectivity index (χ3n) is 2.96. The third kappa shape index (κ3) is 4.99. The molecule has 0 aliphatic carbocycles. The van der Waals surface area contributed by atoms with E-state index < -0.39 is 0 Å². The van der Waals surface area contributed by atoms with E-state index in [0.29, 0.717) is 0 Å². The molecule has 0 aliphatic rings. The summed E-state index contributed by atoms with van der Waals surface area (Å²) in [6, 6.07) is 8.52. The van der Waals surface area contributed by atoms with Gasteiger partial charge < -0.3 is 9.64 Å². The Morgan fingerprint density at radius 3 is 2.00 bits per heavy atom. The van der Waals surface area contributed by atoms with E-state index in [1.165, 1.54) is 24.9 Å². The van der Waals surface area contributed by atoms with Crippen molar-refractivity contribution in [2.75, 3.05) is 24.6 Å². The van der Waals surface area contributed by atoms with E-state index in [2.05, 4.69) is 49.9 Å². The van der Waals surface area contributed by atoms with Crippen LogP contribution in [0.1, 0.15) is 46.5 Å². The third-order valence-corrected chi connectivity index (χ3v) is 2.96. The van der Waals surface area contributed by atoms with Crippen molar-refractivity contribution in [2.45, 2.75) is 46.5 Å². The lowest BCUT2D eigenvalue weighted by molar-refractivity contribution is 0.309. The number of unbranched alkanes of at least 4 members (excludes halogenated alkanes) is 1. The van der Waals surface area contributed by atoms with E-state index in [0.717, 1.165) is 31.9 Å². The SMILES string of the molecule is CCCCOc1ccc(N(CCC)CCC)cc1. The van der Waals surface area contributed by atoms with Gasteiger partial charge in [-0.25, -0.2) is 0 Å². The molecular formula is C16H27NO. The van der Waals surface area contributed by atoms with Gasteiger partial charge in [0.2, 0.25) is 0 Å².